The zero-order valence-electron chi connectivity index (χ0n) is 16.6. The Bertz CT molecular complexity index is 1220. The summed E-state index contributed by atoms with van der Waals surface area (Å²) >= 11 is 0.938. The molecule has 0 aliphatic carbocycles. The summed E-state index contributed by atoms with van der Waals surface area (Å²) in [5.74, 6) is -0.140. The summed E-state index contributed by atoms with van der Waals surface area (Å²) < 4.78 is 1.22. The van der Waals surface area contributed by atoms with E-state index in [-0.39, 0.29) is 35.4 Å². The minimum absolute atomic E-state index is 0.0834. The van der Waals surface area contributed by atoms with Crippen LogP contribution in [-0.2, 0) is 17.8 Å². The van der Waals surface area contributed by atoms with E-state index in [1.54, 1.807) is 36.6 Å². The Balaban J connectivity index is 1.35. The zero-order valence-corrected chi connectivity index (χ0v) is 17.4. The second-order valence-electron chi connectivity index (χ2n) is 7.10. The third kappa shape index (κ3) is 4.75. The first-order chi connectivity index (χ1) is 15.0. The Morgan fingerprint density at radius 2 is 1.90 bits per heavy atom. The van der Waals surface area contributed by atoms with E-state index in [0.717, 1.165) is 33.7 Å². The van der Waals surface area contributed by atoms with Crippen LogP contribution in [0.15, 0.2) is 58.3 Å². The van der Waals surface area contributed by atoms with Crippen LogP contribution in [0.2, 0.25) is 0 Å². The number of nitrogens with zero attached hydrogens (tertiary/aromatic N) is 2. The number of hydrogen-bond acceptors (Lipinski definition) is 6. The summed E-state index contributed by atoms with van der Waals surface area (Å²) in [6.07, 6.45) is 4.17. The lowest BCUT2D eigenvalue weighted by Crippen LogP contribution is -2.27. The first kappa shape index (κ1) is 20.6. The lowest BCUT2D eigenvalue weighted by Gasteiger charge is -2.07. The van der Waals surface area contributed by atoms with Gasteiger partial charge in [0.15, 0.2) is 0 Å². The maximum absolute atomic E-state index is 12.3. The molecule has 0 bridgehead atoms. The van der Waals surface area contributed by atoms with E-state index in [1.807, 2.05) is 24.3 Å². The number of carbonyl (C=O) groups is 1. The molecule has 0 saturated carbocycles. The molecule has 0 spiro atoms. The minimum atomic E-state index is -0.315. The van der Waals surface area contributed by atoms with Crippen LogP contribution in [-0.4, -0.2) is 33.4 Å². The second kappa shape index (κ2) is 9.01. The molecule has 2 heterocycles. The summed E-state index contributed by atoms with van der Waals surface area (Å²) in [6.45, 7) is 0.546. The number of phenolic OH excluding ortho intramolecular Hbond substituents is 1. The van der Waals surface area contributed by atoms with E-state index in [4.69, 9.17) is 0 Å². The monoisotopic (exact) mass is 435 g/mol. The van der Waals surface area contributed by atoms with Gasteiger partial charge in [0.25, 0.3) is 0 Å². The number of fused-ring (bicyclic) bond motifs is 1. The number of para-hydroxylation sites is 1. The molecule has 3 aromatic rings. The molecule has 4 rings (SSSR count). The van der Waals surface area contributed by atoms with Gasteiger partial charge in [0.05, 0.1) is 10.6 Å². The van der Waals surface area contributed by atoms with Gasteiger partial charge in [-0.05, 0) is 36.3 Å². The van der Waals surface area contributed by atoms with Crippen molar-refractivity contribution in [2.45, 2.75) is 19.4 Å². The van der Waals surface area contributed by atoms with Crippen LogP contribution in [0.4, 0.5) is 5.69 Å². The number of rotatable bonds is 7. The van der Waals surface area contributed by atoms with Crippen LogP contribution < -0.4 is 10.2 Å². The number of nitrogens with one attached hydrogen (secondary N) is 1. The van der Waals surface area contributed by atoms with Crippen molar-refractivity contribution >= 4 is 40.8 Å². The third-order valence-electron chi connectivity index (χ3n) is 4.97. The molecule has 158 valence electrons. The van der Waals surface area contributed by atoms with Crippen molar-refractivity contribution in [3.63, 3.8) is 0 Å². The van der Waals surface area contributed by atoms with Crippen molar-refractivity contribution in [3.8, 4) is 11.6 Å². The molecule has 1 amide bonds. The topological polar surface area (TPSA) is 104 Å². The lowest BCUT2D eigenvalue weighted by molar-refractivity contribution is -0.121. The first-order valence-corrected chi connectivity index (χ1v) is 10.7. The summed E-state index contributed by atoms with van der Waals surface area (Å²) in [7, 11) is 0. The first-order valence-electron chi connectivity index (χ1n) is 9.83. The number of amides is 1. The molecule has 1 aliphatic rings. The summed E-state index contributed by atoms with van der Waals surface area (Å²) in [5, 5.41) is 22.6. The largest absolute Gasteiger partial charge is 0.508 e. The number of thiazole rings is 1. The highest BCUT2D eigenvalue weighted by atomic mass is 32.1. The van der Waals surface area contributed by atoms with Gasteiger partial charge in [-0.3, -0.25) is 19.1 Å². The molecule has 7 nitrogen and oxygen atoms in total. The van der Waals surface area contributed by atoms with Gasteiger partial charge in [0.1, 0.15) is 5.75 Å². The SMILES string of the molecule is O=C(CCn1c(O)c(C=C2C=Nc3ccccc32)sc1=O)NCCc1ccc(O)cc1. The van der Waals surface area contributed by atoms with E-state index in [9.17, 15) is 19.8 Å². The molecule has 31 heavy (non-hydrogen) atoms. The van der Waals surface area contributed by atoms with Crippen LogP contribution in [0.3, 0.4) is 0 Å². The van der Waals surface area contributed by atoms with Crippen LogP contribution in [0.25, 0.3) is 11.6 Å². The van der Waals surface area contributed by atoms with Crippen molar-refractivity contribution in [2.75, 3.05) is 6.54 Å². The molecule has 2 aromatic carbocycles. The number of phenols is 1. The van der Waals surface area contributed by atoms with Gasteiger partial charge in [-0.2, -0.15) is 0 Å². The van der Waals surface area contributed by atoms with E-state index in [0.29, 0.717) is 17.8 Å². The fraction of sp³-hybridized carbons (Fsp3) is 0.174. The van der Waals surface area contributed by atoms with E-state index >= 15 is 0 Å². The maximum Gasteiger partial charge on any atom is 0.310 e. The molecule has 0 saturated heterocycles. The third-order valence-corrected chi connectivity index (χ3v) is 5.89. The highest BCUT2D eigenvalue weighted by Gasteiger charge is 2.17. The van der Waals surface area contributed by atoms with Gasteiger partial charge in [0.2, 0.25) is 11.8 Å². The van der Waals surface area contributed by atoms with Crippen molar-refractivity contribution in [3.05, 3.63) is 74.2 Å². The van der Waals surface area contributed by atoms with Crippen molar-refractivity contribution in [1.29, 1.82) is 0 Å². The van der Waals surface area contributed by atoms with Crippen LogP contribution in [0.5, 0.6) is 11.6 Å². The molecule has 0 unspecified atom stereocenters. The standard InChI is InChI=1S/C23H21N3O4S/c27-17-7-5-15(6-8-17)9-11-24-21(28)10-12-26-22(29)20(31-23(26)30)13-16-14-25-19-4-2-1-3-18(16)19/h1-8,13-14,27,29H,9-12H2,(H,24,28). The molecule has 0 fully saturated rings. The second-order valence-corrected chi connectivity index (χ2v) is 8.09. The Kier molecular flexibility index (Phi) is 5.99. The highest BCUT2D eigenvalue weighted by molar-refractivity contribution is 7.10. The lowest BCUT2D eigenvalue weighted by atomic mass is 10.1. The van der Waals surface area contributed by atoms with Crippen molar-refractivity contribution < 1.29 is 15.0 Å². The van der Waals surface area contributed by atoms with Crippen LogP contribution in [0.1, 0.15) is 22.4 Å². The van der Waals surface area contributed by atoms with Crippen LogP contribution >= 0.6 is 11.3 Å². The zero-order chi connectivity index (χ0) is 21.8. The molecule has 0 atom stereocenters. The quantitative estimate of drug-likeness (QED) is 0.530. The fourth-order valence-corrected chi connectivity index (χ4v) is 4.17. The van der Waals surface area contributed by atoms with Crippen molar-refractivity contribution in [1.82, 2.24) is 9.88 Å². The molecular weight excluding hydrogens is 414 g/mol. The molecule has 1 aromatic heterocycles. The van der Waals surface area contributed by atoms with Gasteiger partial charge < -0.3 is 15.5 Å². The molecule has 0 radical (unpaired) electrons. The van der Waals surface area contributed by atoms with Gasteiger partial charge in [-0.1, -0.05) is 41.7 Å². The van der Waals surface area contributed by atoms with E-state index < -0.39 is 0 Å². The summed E-state index contributed by atoms with van der Waals surface area (Å²) in [6, 6.07) is 14.5. The normalized spacial score (nSPS) is 13.5. The number of carbonyl (C=O) groups excluding carboxylic acids is 1. The predicted molar refractivity (Wildman–Crippen MR) is 122 cm³/mol. The average molecular weight is 436 g/mol. The fourth-order valence-electron chi connectivity index (χ4n) is 3.31. The van der Waals surface area contributed by atoms with E-state index in [1.165, 1.54) is 4.57 Å². The summed E-state index contributed by atoms with van der Waals surface area (Å²) in [4.78, 5) is 28.9. The molecular formula is C23H21N3O4S. The van der Waals surface area contributed by atoms with Crippen molar-refractivity contribution in [2.24, 2.45) is 4.99 Å². The molecule has 8 heteroatoms. The summed E-state index contributed by atoms with van der Waals surface area (Å²) in [5.41, 5.74) is 3.62. The smallest absolute Gasteiger partial charge is 0.310 e. The number of aliphatic imine (C=N–C) groups is 1. The van der Waals surface area contributed by atoms with Gasteiger partial charge >= 0.3 is 4.87 Å². The number of aromatic hydroxyl groups is 2. The van der Waals surface area contributed by atoms with Gasteiger partial charge in [0, 0.05) is 36.9 Å². The average Bonchev–Trinajstić information content (AvgIpc) is 3.29. The van der Waals surface area contributed by atoms with Crippen LogP contribution in [0, 0.1) is 0 Å². The van der Waals surface area contributed by atoms with Gasteiger partial charge in [-0.15, -0.1) is 0 Å². The van der Waals surface area contributed by atoms with E-state index in [2.05, 4.69) is 10.3 Å². The predicted octanol–water partition coefficient (Wildman–Crippen LogP) is 3.33. The number of allylic oxidation sites excluding steroid dienone is 1. The maximum atomic E-state index is 12.3. The minimum Gasteiger partial charge on any atom is -0.508 e. The highest BCUT2D eigenvalue weighted by Crippen LogP contribution is 2.34. The Labute approximate surface area is 182 Å². The Morgan fingerprint density at radius 3 is 2.71 bits per heavy atom. The number of aromatic nitrogens is 1. The molecule has 3 N–H and O–H groups in total. The van der Waals surface area contributed by atoms with Gasteiger partial charge in [-0.25, -0.2) is 0 Å². The molecule has 1 aliphatic heterocycles. The number of benzene rings is 2. The Hall–Kier alpha value is -3.65. The number of hydrogen-bond donors (Lipinski definition) is 3. The Morgan fingerprint density at radius 1 is 1.13 bits per heavy atom.